The van der Waals surface area contributed by atoms with Gasteiger partial charge in [-0.1, -0.05) is 6.07 Å². The SMILES string of the molecule is COc1ncc(-c2ccc3ncc4ccc(=O)n(-c5cccc(N)c5)c4c3n2)cn1. The zero-order valence-electron chi connectivity index (χ0n) is 16.0. The highest BCUT2D eigenvalue weighted by molar-refractivity contribution is 6.02. The second-order valence-electron chi connectivity index (χ2n) is 6.69. The van der Waals surface area contributed by atoms with Crippen molar-refractivity contribution in [2.24, 2.45) is 0 Å². The van der Waals surface area contributed by atoms with Crippen LogP contribution in [0.15, 0.2) is 71.9 Å². The number of pyridine rings is 3. The Morgan fingerprint density at radius 2 is 1.80 bits per heavy atom. The monoisotopic (exact) mass is 396 g/mol. The van der Waals surface area contributed by atoms with Crippen molar-refractivity contribution < 1.29 is 4.74 Å². The lowest BCUT2D eigenvalue weighted by atomic mass is 10.1. The fraction of sp³-hybridized carbons (Fsp3) is 0.0455. The molecule has 0 spiro atoms. The third-order valence-electron chi connectivity index (χ3n) is 4.80. The summed E-state index contributed by atoms with van der Waals surface area (Å²) in [5.74, 6) is 0. The fourth-order valence-corrected chi connectivity index (χ4v) is 3.40. The molecule has 0 atom stereocenters. The summed E-state index contributed by atoms with van der Waals surface area (Å²) in [4.78, 5) is 30.5. The first kappa shape index (κ1) is 17.7. The topological polar surface area (TPSA) is 109 Å². The number of rotatable bonds is 3. The minimum absolute atomic E-state index is 0.180. The molecule has 30 heavy (non-hydrogen) atoms. The van der Waals surface area contributed by atoms with Gasteiger partial charge < -0.3 is 10.5 Å². The van der Waals surface area contributed by atoms with Crippen LogP contribution in [-0.2, 0) is 0 Å². The molecule has 8 heteroatoms. The summed E-state index contributed by atoms with van der Waals surface area (Å²) >= 11 is 0. The van der Waals surface area contributed by atoms with Gasteiger partial charge in [0.05, 0.1) is 29.5 Å². The lowest BCUT2D eigenvalue weighted by Gasteiger charge is -2.13. The number of hydrogen-bond acceptors (Lipinski definition) is 7. The van der Waals surface area contributed by atoms with Crippen LogP contribution in [-0.4, -0.2) is 31.6 Å². The third kappa shape index (κ3) is 2.91. The van der Waals surface area contributed by atoms with Crippen LogP contribution in [0.25, 0.3) is 38.9 Å². The third-order valence-corrected chi connectivity index (χ3v) is 4.80. The zero-order chi connectivity index (χ0) is 20.7. The molecule has 0 aliphatic heterocycles. The molecule has 4 aromatic heterocycles. The number of nitrogen functional groups attached to an aromatic ring is 1. The molecule has 0 aliphatic rings. The van der Waals surface area contributed by atoms with Crippen molar-refractivity contribution in [1.29, 1.82) is 0 Å². The van der Waals surface area contributed by atoms with Crippen molar-refractivity contribution >= 4 is 27.6 Å². The second-order valence-corrected chi connectivity index (χ2v) is 6.69. The van der Waals surface area contributed by atoms with Crippen molar-refractivity contribution in [2.45, 2.75) is 0 Å². The summed E-state index contributed by atoms with van der Waals surface area (Å²) in [5.41, 5.74) is 10.3. The molecule has 0 radical (unpaired) electrons. The van der Waals surface area contributed by atoms with Crippen LogP contribution in [0.1, 0.15) is 0 Å². The van der Waals surface area contributed by atoms with E-state index in [1.54, 1.807) is 41.4 Å². The summed E-state index contributed by atoms with van der Waals surface area (Å²) in [5, 5.41) is 0.792. The molecule has 0 saturated heterocycles. The largest absolute Gasteiger partial charge is 0.467 e. The van der Waals surface area contributed by atoms with Gasteiger partial charge >= 0.3 is 6.01 Å². The average molecular weight is 396 g/mol. The Balaban J connectivity index is 1.83. The van der Waals surface area contributed by atoms with Gasteiger partial charge in [-0.2, -0.15) is 0 Å². The predicted molar refractivity (Wildman–Crippen MR) is 115 cm³/mol. The normalized spacial score (nSPS) is 11.1. The van der Waals surface area contributed by atoms with Crippen molar-refractivity contribution in [3.05, 3.63) is 77.5 Å². The maximum Gasteiger partial charge on any atom is 0.316 e. The number of methoxy groups -OCH3 is 1. The van der Waals surface area contributed by atoms with Gasteiger partial charge in [0.2, 0.25) is 0 Å². The van der Waals surface area contributed by atoms with E-state index in [-0.39, 0.29) is 11.6 Å². The smallest absolute Gasteiger partial charge is 0.316 e. The maximum atomic E-state index is 12.9. The van der Waals surface area contributed by atoms with Crippen LogP contribution in [0.2, 0.25) is 0 Å². The number of nitrogens with two attached hydrogens (primary N) is 1. The molecule has 2 N–H and O–H groups in total. The van der Waals surface area contributed by atoms with E-state index < -0.39 is 0 Å². The van der Waals surface area contributed by atoms with Gasteiger partial charge in [0.1, 0.15) is 5.52 Å². The molecule has 1 aromatic carbocycles. The van der Waals surface area contributed by atoms with Crippen molar-refractivity contribution in [1.82, 2.24) is 24.5 Å². The number of hydrogen-bond donors (Lipinski definition) is 1. The van der Waals surface area contributed by atoms with Crippen LogP contribution >= 0.6 is 0 Å². The molecule has 0 unspecified atom stereocenters. The van der Waals surface area contributed by atoms with Crippen LogP contribution in [0.3, 0.4) is 0 Å². The van der Waals surface area contributed by atoms with Gasteiger partial charge in [0.15, 0.2) is 0 Å². The number of nitrogens with zero attached hydrogens (tertiary/aromatic N) is 5. The van der Waals surface area contributed by atoms with E-state index in [1.165, 1.54) is 13.2 Å². The Morgan fingerprint density at radius 3 is 2.57 bits per heavy atom. The summed E-state index contributed by atoms with van der Waals surface area (Å²) in [6.45, 7) is 0. The molecular formula is C22H16N6O2. The lowest BCUT2D eigenvalue weighted by Crippen LogP contribution is -2.18. The quantitative estimate of drug-likeness (QED) is 0.369. The molecule has 0 bridgehead atoms. The van der Waals surface area contributed by atoms with E-state index in [4.69, 9.17) is 15.5 Å². The van der Waals surface area contributed by atoms with E-state index >= 15 is 0 Å². The van der Waals surface area contributed by atoms with Crippen LogP contribution in [0.5, 0.6) is 6.01 Å². The number of benzene rings is 1. The van der Waals surface area contributed by atoms with Crippen molar-refractivity contribution in [3.63, 3.8) is 0 Å². The van der Waals surface area contributed by atoms with E-state index in [0.29, 0.717) is 33.6 Å². The minimum Gasteiger partial charge on any atom is -0.467 e. The highest BCUT2D eigenvalue weighted by atomic mass is 16.5. The maximum absolute atomic E-state index is 12.9. The highest BCUT2D eigenvalue weighted by Crippen LogP contribution is 2.26. The van der Waals surface area contributed by atoms with Crippen LogP contribution in [0.4, 0.5) is 5.69 Å². The Morgan fingerprint density at radius 1 is 0.967 bits per heavy atom. The van der Waals surface area contributed by atoms with Gasteiger partial charge in [0, 0.05) is 41.3 Å². The zero-order valence-corrected chi connectivity index (χ0v) is 16.0. The molecule has 5 rings (SSSR count). The summed E-state index contributed by atoms with van der Waals surface area (Å²) in [6, 6.07) is 14.4. The molecule has 5 aromatic rings. The van der Waals surface area contributed by atoms with Gasteiger partial charge in [0.25, 0.3) is 5.56 Å². The molecule has 146 valence electrons. The number of aromatic nitrogens is 5. The Labute approximate surface area is 170 Å². The van der Waals surface area contributed by atoms with Crippen molar-refractivity contribution in [2.75, 3.05) is 12.8 Å². The van der Waals surface area contributed by atoms with Crippen LogP contribution in [0, 0.1) is 0 Å². The Kier molecular flexibility index (Phi) is 4.10. The molecular weight excluding hydrogens is 380 g/mol. The minimum atomic E-state index is -0.180. The van der Waals surface area contributed by atoms with Gasteiger partial charge in [-0.05, 0) is 36.4 Å². The standard InChI is InChI=1S/C22H16N6O2/c1-30-22-25-11-14(12-26-22)17-6-7-18-20(27-17)21-13(10-24-18)5-8-19(29)28(21)16-4-2-3-15(23)9-16/h2-12H,23H2,1H3. The molecule has 8 nitrogen and oxygen atoms in total. The molecule has 0 amide bonds. The number of anilines is 1. The molecule has 0 saturated carbocycles. The number of ether oxygens (including phenoxy) is 1. The van der Waals surface area contributed by atoms with E-state index in [9.17, 15) is 4.79 Å². The first-order valence-electron chi connectivity index (χ1n) is 9.18. The van der Waals surface area contributed by atoms with Gasteiger partial charge in [-0.25, -0.2) is 15.0 Å². The lowest BCUT2D eigenvalue weighted by molar-refractivity contribution is 0.380. The molecule has 4 heterocycles. The molecule has 0 fully saturated rings. The highest BCUT2D eigenvalue weighted by Gasteiger charge is 2.13. The van der Waals surface area contributed by atoms with E-state index in [2.05, 4.69) is 15.0 Å². The Bertz CT molecular complexity index is 1460. The molecule has 0 aliphatic carbocycles. The van der Waals surface area contributed by atoms with Crippen molar-refractivity contribution in [3.8, 4) is 23.0 Å². The van der Waals surface area contributed by atoms with E-state index in [0.717, 1.165) is 10.9 Å². The van der Waals surface area contributed by atoms with Gasteiger partial charge in [-0.3, -0.25) is 14.3 Å². The average Bonchev–Trinajstić information content (AvgIpc) is 2.78. The predicted octanol–water partition coefficient (Wildman–Crippen LogP) is 2.98. The first-order valence-corrected chi connectivity index (χ1v) is 9.18. The summed E-state index contributed by atoms with van der Waals surface area (Å²) in [6.07, 6.45) is 5.02. The fourth-order valence-electron chi connectivity index (χ4n) is 3.40. The summed E-state index contributed by atoms with van der Waals surface area (Å²) in [7, 11) is 1.51. The van der Waals surface area contributed by atoms with E-state index in [1.807, 2.05) is 24.3 Å². The first-order chi connectivity index (χ1) is 14.6. The number of fused-ring (bicyclic) bond motifs is 3. The summed E-state index contributed by atoms with van der Waals surface area (Å²) < 4.78 is 6.63. The van der Waals surface area contributed by atoms with Gasteiger partial charge in [-0.15, -0.1) is 0 Å². The van der Waals surface area contributed by atoms with Crippen LogP contribution < -0.4 is 16.0 Å². The second kappa shape index (κ2) is 6.93. The Hall–Kier alpha value is -4.33.